The van der Waals surface area contributed by atoms with Crippen molar-refractivity contribution >= 4 is 17.4 Å². The van der Waals surface area contributed by atoms with E-state index in [-0.39, 0.29) is 0 Å². The number of halogens is 1. The summed E-state index contributed by atoms with van der Waals surface area (Å²) in [5.74, 6) is 2.14. The van der Waals surface area contributed by atoms with E-state index in [9.17, 15) is 0 Å². The lowest BCUT2D eigenvalue weighted by molar-refractivity contribution is 0.254. The summed E-state index contributed by atoms with van der Waals surface area (Å²) in [6, 6.07) is 3.30. The van der Waals surface area contributed by atoms with E-state index in [0.29, 0.717) is 17.1 Å². The van der Waals surface area contributed by atoms with Crippen molar-refractivity contribution in [1.29, 1.82) is 0 Å². The molecule has 0 spiro atoms. The summed E-state index contributed by atoms with van der Waals surface area (Å²) in [5.41, 5.74) is 0. The Morgan fingerprint density at radius 3 is 2.70 bits per heavy atom. The molecule has 20 heavy (non-hydrogen) atoms. The maximum absolute atomic E-state index is 6.17. The molecule has 2 fully saturated rings. The zero-order chi connectivity index (χ0) is 14.3. The Morgan fingerprint density at radius 2 is 1.95 bits per heavy atom. The van der Waals surface area contributed by atoms with Crippen LogP contribution in [-0.2, 0) is 0 Å². The van der Waals surface area contributed by atoms with Gasteiger partial charge in [-0.25, -0.2) is 9.97 Å². The standard InChI is InChI=1S/C15H23ClN4/c1-10(2)15-17-13(16)8-14(18-15)20-7-6-11-4-5-12(9-20)19(11)3/h8,10-12H,4-7,9H2,1-3H3. The third-order valence-corrected chi connectivity index (χ3v) is 4.88. The van der Waals surface area contributed by atoms with Crippen LogP contribution in [0.15, 0.2) is 6.07 Å². The number of fused-ring (bicyclic) bond motifs is 2. The first-order valence-electron chi connectivity index (χ1n) is 7.56. The molecule has 0 radical (unpaired) electrons. The van der Waals surface area contributed by atoms with Crippen LogP contribution in [0.1, 0.15) is 44.9 Å². The van der Waals surface area contributed by atoms with Gasteiger partial charge in [0.2, 0.25) is 0 Å². The Hall–Kier alpha value is -0.870. The average molecular weight is 295 g/mol. The molecule has 4 nitrogen and oxygen atoms in total. The van der Waals surface area contributed by atoms with Crippen LogP contribution in [0.25, 0.3) is 0 Å². The first kappa shape index (κ1) is 14.1. The van der Waals surface area contributed by atoms with E-state index in [4.69, 9.17) is 16.6 Å². The minimum Gasteiger partial charge on any atom is -0.355 e. The maximum Gasteiger partial charge on any atom is 0.135 e. The zero-order valence-electron chi connectivity index (χ0n) is 12.5. The van der Waals surface area contributed by atoms with E-state index in [2.05, 4.69) is 35.7 Å². The highest BCUT2D eigenvalue weighted by molar-refractivity contribution is 6.29. The molecular formula is C15H23ClN4. The van der Waals surface area contributed by atoms with Gasteiger partial charge in [-0.1, -0.05) is 25.4 Å². The number of anilines is 1. The highest BCUT2D eigenvalue weighted by atomic mass is 35.5. The molecule has 2 bridgehead atoms. The summed E-state index contributed by atoms with van der Waals surface area (Å²) in [6.07, 6.45) is 3.86. The molecular weight excluding hydrogens is 272 g/mol. The summed E-state index contributed by atoms with van der Waals surface area (Å²) in [5, 5.41) is 0.557. The molecule has 2 unspecified atom stereocenters. The van der Waals surface area contributed by atoms with Crippen LogP contribution >= 0.6 is 11.6 Å². The quantitative estimate of drug-likeness (QED) is 0.785. The summed E-state index contributed by atoms with van der Waals surface area (Å²) in [7, 11) is 2.26. The van der Waals surface area contributed by atoms with Gasteiger partial charge < -0.3 is 4.90 Å². The number of aromatic nitrogens is 2. The SMILES string of the molecule is CC(C)c1nc(Cl)cc(N2CCC3CCC(C2)N3C)n1. The van der Waals surface area contributed by atoms with E-state index in [0.717, 1.165) is 30.8 Å². The van der Waals surface area contributed by atoms with Gasteiger partial charge in [-0.2, -0.15) is 0 Å². The van der Waals surface area contributed by atoms with Crippen LogP contribution in [0.2, 0.25) is 5.15 Å². The van der Waals surface area contributed by atoms with Gasteiger partial charge in [0.1, 0.15) is 16.8 Å². The van der Waals surface area contributed by atoms with Gasteiger partial charge in [0.05, 0.1) is 0 Å². The highest BCUT2D eigenvalue weighted by Gasteiger charge is 2.35. The predicted octanol–water partition coefficient (Wildman–Crippen LogP) is 2.93. The number of likely N-dealkylation sites (N-methyl/N-ethyl adjacent to an activating group) is 1. The molecule has 5 heteroatoms. The topological polar surface area (TPSA) is 32.3 Å². The molecule has 2 atom stereocenters. The van der Waals surface area contributed by atoms with Crippen molar-refractivity contribution < 1.29 is 0 Å². The Labute approximate surface area is 126 Å². The number of hydrogen-bond donors (Lipinski definition) is 0. The fourth-order valence-electron chi connectivity index (χ4n) is 3.36. The summed E-state index contributed by atoms with van der Waals surface area (Å²) in [6.45, 7) is 6.33. The van der Waals surface area contributed by atoms with Crippen molar-refractivity contribution in [1.82, 2.24) is 14.9 Å². The largest absolute Gasteiger partial charge is 0.355 e. The fourth-order valence-corrected chi connectivity index (χ4v) is 3.54. The zero-order valence-corrected chi connectivity index (χ0v) is 13.3. The van der Waals surface area contributed by atoms with Gasteiger partial charge in [0.25, 0.3) is 0 Å². The minimum absolute atomic E-state index is 0.304. The molecule has 3 rings (SSSR count). The lowest BCUT2D eigenvalue weighted by Gasteiger charge is -2.27. The molecule has 0 aliphatic carbocycles. The Morgan fingerprint density at radius 1 is 1.20 bits per heavy atom. The maximum atomic E-state index is 6.17. The van der Waals surface area contributed by atoms with Crippen LogP contribution in [0.5, 0.6) is 0 Å². The normalized spacial score (nSPS) is 27.1. The molecule has 0 aromatic carbocycles. The number of rotatable bonds is 2. The van der Waals surface area contributed by atoms with E-state index >= 15 is 0 Å². The van der Waals surface area contributed by atoms with Crippen LogP contribution in [0, 0.1) is 0 Å². The van der Waals surface area contributed by atoms with Gasteiger partial charge in [0, 0.05) is 37.2 Å². The molecule has 3 heterocycles. The van der Waals surface area contributed by atoms with Crippen molar-refractivity contribution in [3.05, 3.63) is 17.0 Å². The third kappa shape index (κ3) is 2.63. The molecule has 2 saturated heterocycles. The molecule has 2 aliphatic rings. The summed E-state index contributed by atoms with van der Waals surface area (Å²) >= 11 is 6.17. The smallest absolute Gasteiger partial charge is 0.135 e. The van der Waals surface area contributed by atoms with Crippen molar-refractivity contribution in [3.8, 4) is 0 Å². The van der Waals surface area contributed by atoms with Crippen LogP contribution < -0.4 is 4.90 Å². The number of nitrogens with zero attached hydrogens (tertiary/aromatic N) is 4. The summed E-state index contributed by atoms with van der Waals surface area (Å²) < 4.78 is 0. The third-order valence-electron chi connectivity index (χ3n) is 4.69. The van der Waals surface area contributed by atoms with E-state index < -0.39 is 0 Å². The second-order valence-corrected chi connectivity index (χ2v) is 6.73. The lowest BCUT2D eigenvalue weighted by atomic mass is 10.1. The fraction of sp³-hybridized carbons (Fsp3) is 0.733. The molecule has 1 aromatic heterocycles. The van der Waals surface area contributed by atoms with Crippen LogP contribution in [0.3, 0.4) is 0 Å². The Bertz CT molecular complexity index is 491. The van der Waals surface area contributed by atoms with E-state index in [1.165, 1.54) is 19.3 Å². The molecule has 2 aliphatic heterocycles. The van der Waals surface area contributed by atoms with Crippen molar-refractivity contribution in [3.63, 3.8) is 0 Å². The van der Waals surface area contributed by atoms with Gasteiger partial charge in [-0.05, 0) is 26.3 Å². The Balaban J connectivity index is 1.86. The first-order chi connectivity index (χ1) is 9.54. The van der Waals surface area contributed by atoms with Gasteiger partial charge in [-0.3, -0.25) is 4.90 Å². The number of hydrogen-bond acceptors (Lipinski definition) is 4. The Kier molecular flexibility index (Phi) is 3.87. The minimum atomic E-state index is 0.304. The van der Waals surface area contributed by atoms with E-state index in [1.54, 1.807) is 0 Å². The highest BCUT2D eigenvalue weighted by Crippen LogP contribution is 2.31. The predicted molar refractivity (Wildman–Crippen MR) is 82.5 cm³/mol. The molecule has 0 N–H and O–H groups in total. The second-order valence-electron chi connectivity index (χ2n) is 6.35. The molecule has 110 valence electrons. The summed E-state index contributed by atoms with van der Waals surface area (Å²) in [4.78, 5) is 14.0. The van der Waals surface area contributed by atoms with Gasteiger partial charge >= 0.3 is 0 Å². The van der Waals surface area contributed by atoms with Crippen LogP contribution in [0.4, 0.5) is 5.82 Å². The molecule has 0 saturated carbocycles. The monoisotopic (exact) mass is 294 g/mol. The average Bonchev–Trinajstić information content (AvgIpc) is 2.62. The van der Waals surface area contributed by atoms with Crippen LogP contribution in [-0.4, -0.2) is 47.1 Å². The van der Waals surface area contributed by atoms with Crippen molar-refractivity contribution in [2.75, 3.05) is 25.0 Å². The van der Waals surface area contributed by atoms with Crippen molar-refractivity contribution in [2.24, 2.45) is 0 Å². The van der Waals surface area contributed by atoms with Gasteiger partial charge in [-0.15, -0.1) is 0 Å². The lowest BCUT2D eigenvalue weighted by Crippen LogP contribution is -2.37. The first-order valence-corrected chi connectivity index (χ1v) is 7.93. The molecule has 1 aromatic rings. The van der Waals surface area contributed by atoms with Gasteiger partial charge in [0.15, 0.2) is 0 Å². The second kappa shape index (κ2) is 5.49. The molecule has 0 amide bonds. The van der Waals surface area contributed by atoms with E-state index in [1.807, 2.05) is 6.07 Å². The van der Waals surface area contributed by atoms with Crippen molar-refractivity contribution in [2.45, 2.75) is 51.1 Å².